The van der Waals surface area contributed by atoms with E-state index >= 15 is 0 Å². The van der Waals surface area contributed by atoms with Crippen molar-refractivity contribution in [3.05, 3.63) is 59.4 Å². The number of benzene rings is 2. The van der Waals surface area contributed by atoms with Crippen LogP contribution >= 0.6 is 0 Å². The van der Waals surface area contributed by atoms with Gasteiger partial charge in [-0.2, -0.15) is 0 Å². The number of anilines is 1. The number of hydrogen-bond donors (Lipinski definition) is 3. The van der Waals surface area contributed by atoms with Gasteiger partial charge in [0.1, 0.15) is 23.8 Å². The second-order valence-corrected chi connectivity index (χ2v) is 9.38. The van der Waals surface area contributed by atoms with Crippen LogP contribution in [0.2, 0.25) is 0 Å². The molecule has 0 unspecified atom stereocenters. The fraction of sp³-hybridized carbons (Fsp3) is 0.462. The Morgan fingerprint density at radius 3 is 2.74 bits per heavy atom. The van der Waals surface area contributed by atoms with Crippen molar-refractivity contribution in [2.75, 3.05) is 11.9 Å². The number of aliphatic hydroxyl groups excluding tert-OH is 1. The van der Waals surface area contributed by atoms with Crippen LogP contribution in [0.1, 0.15) is 49.1 Å². The van der Waals surface area contributed by atoms with Crippen LogP contribution in [0.5, 0.6) is 5.75 Å². The molecule has 0 aromatic heterocycles. The summed E-state index contributed by atoms with van der Waals surface area (Å²) in [4.78, 5) is 24.9. The summed E-state index contributed by atoms with van der Waals surface area (Å²) in [5.41, 5.74) is 2.38. The lowest BCUT2D eigenvalue weighted by atomic mass is 9.83. The van der Waals surface area contributed by atoms with Gasteiger partial charge in [0.25, 0.3) is 0 Å². The summed E-state index contributed by atoms with van der Waals surface area (Å²) in [6.07, 6.45) is 2.36. The van der Waals surface area contributed by atoms with Crippen molar-refractivity contribution in [3.8, 4) is 5.75 Å². The maximum atomic E-state index is 13.4. The third kappa shape index (κ3) is 4.79. The fourth-order valence-electron chi connectivity index (χ4n) is 5.01. The molecule has 1 saturated heterocycles. The molecule has 2 aromatic carbocycles. The Labute approximate surface area is 197 Å². The van der Waals surface area contributed by atoms with Crippen molar-refractivity contribution in [1.29, 1.82) is 0 Å². The van der Waals surface area contributed by atoms with E-state index < -0.39 is 12.2 Å². The van der Waals surface area contributed by atoms with Crippen LogP contribution in [-0.4, -0.2) is 41.8 Å². The Hall–Kier alpha value is -2.97. The molecule has 0 spiro atoms. The molecule has 5 rings (SSSR count). The van der Waals surface area contributed by atoms with E-state index in [4.69, 9.17) is 9.47 Å². The molecule has 1 saturated carbocycles. The van der Waals surface area contributed by atoms with Gasteiger partial charge in [0.05, 0.1) is 19.1 Å². The van der Waals surface area contributed by atoms with Crippen molar-refractivity contribution in [1.82, 2.24) is 5.32 Å². The molecule has 2 fully saturated rings. The number of fused-ring (bicyclic) bond motifs is 3. The van der Waals surface area contributed by atoms with Gasteiger partial charge in [-0.05, 0) is 55.2 Å². The zero-order chi connectivity index (χ0) is 23.7. The van der Waals surface area contributed by atoms with Crippen LogP contribution in [0.3, 0.4) is 0 Å². The Kier molecular flexibility index (Phi) is 6.52. The maximum Gasteiger partial charge on any atom is 0.227 e. The Balaban J connectivity index is 1.24. The SMILES string of the molecule is O=C(C[C@H]1C[C@H]2c3cc(NC(=O)C4CCC4)ccc3O[C@H]2[C@@H](CO)O1)NCc1cccc(F)c1. The predicted molar refractivity (Wildman–Crippen MR) is 123 cm³/mol. The van der Waals surface area contributed by atoms with Gasteiger partial charge in [0, 0.05) is 29.6 Å². The van der Waals surface area contributed by atoms with E-state index in [0.717, 1.165) is 36.3 Å². The Bertz CT molecular complexity index is 1070. The largest absolute Gasteiger partial charge is 0.487 e. The minimum absolute atomic E-state index is 0.0507. The monoisotopic (exact) mass is 468 g/mol. The van der Waals surface area contributed by atoms with E-state index in [-0.39, 0.29) is 55.1 Å². The first kappa shape index (κ1) is 22.8. The highest BCUT2D eigenvalue weighted by Gasteiger charge is 2.46. The van der Waals surface area contributed by atoms with Gasteiger partial charge in [-0.15, -0.1) is 0 Å². The highest BCUT2D eigenvalue weighted by atomic mass is 19.1. The van der Waals surface area contributed by atoms with E-state index in [0.29, 0.717) is 12.0 Å². The first-order valence-electron chi connectivity index (χ1n) is 11.9. The van der Waals surface area contributed by atoms with Crippen molar-refractivity contribution in [3.63, 3.8) is 0 Å². The van der Waals surface area contributed by atoms with Crippen LogP contribution in [0, 0.1) is 11.7 Å². The topological polar surface area (TPSA) is 96.9 Å². The first-order chi connectivity index (χ1) is 16.5. The predicted octanol–water partition coefficient (Wildman–Crippen LogP) is 3.27. The molecular formula is C26H29FN2O5. The summed E-state index contributed by atoms with van der Waals surface area (Å²) in [5, 5.41) is 15.7. The number of halogens is 1. The molecule has 0 radical (unpaired) electrons. The van der Waals surface area contributed by atoms with Gasteiger partial charge >= 0.3 is 0 Å². The average molecular weight is 469 g/mol. The molecule has 2 heterocycles. The van der Waals surface area contributed by atoms with E-state index in [1.165, 1.54) is 12.1 Å². The first-order valence-corrected chi connectivity index (χ1v) is 11.9. The van der Waals surface area contributed by atoms with Crippen LogP contribution in [0.15, 0.2) is 42.5 Å². The lowest BCUT2D eigenvalue weighted by Crippen LogP contribution is -2.47. The van der Waals surface area contributed by atoms with E-state index in [1.54, 1.807) is 12.1 Å². The van der Waals surface area contributed by atoms with Gasteiger partial charge < -0.3 is 25.2 Å². The molecule has 180 valence electrons. The minimum atomic E-state index is -0.555. The molecule has 34 heavy (non-hydrogen) atoms. The molecule has 0 bridgehead atoms. The summed E-state index contributed by atoms with van der Waals surface area (Å²) in [5.74, 6) is 0.258. The summed E-state index contributed by atoms with van der Waals surface area (Å²) < 4.78 is 25.5. The van der Waals surface area contributed by atoms with E-state index in [9.17, 15) is 19.1 Å². The third-order valence-corrected chi connectivity index (χ3v) is 7.03. The van der Waals surface area contributed by atoms with Gasteiger partial charge in [0.2, 0.25) is 11.8 Å². The standard InChI is InChI=1S/C26H29FN2O5/c27-17-6-1-3-15(9-17)13-28-24(31)12-19-11-21-20-10-18(29-26(32)16-4-2-5-16)7-8-22(20)34-25(21)23(14-30)33-19/h1,3,6-10,16,19,21,23,25,30H,2,4-5,11-14H2,(H,28,31)(H,29,32)/t19-,21+,23-,25-/m1/s1. The van der Waals surface area contributed by atoms with E-state index in [1.807, 2.05) is 18.2 Å². The quantitative estimate of drug-likeness (QED) is 0.580. The number of aliphatic hydroxyl groups is 1. The molecule has 2 amide bonds. The smallest absolute Gasteiger partial charge is 0.227 e. The zero-order valence-corrected chi connectivity index (χ0v) is 18.8. The van der Waals surface area contributed by atoms with Gasteiger partial charge in [-0.25, -0.2) is 4.39 Å². The number of carbonyl (C=O) groups excluding carboxylic acids is 2. The molecule has 4 atom stereocenters. The molecule has 2 aromatic rings. The second-order valence-electron chi connectivity index (χ2n) is 9.38. The van der Waals surface area contributed by atoms with Crippen molar-refractivity contribution in [2.45, 2.75) is 62.9 Å². The molecule has 7 nitrogen and oxygen atoms in total. The van der Waals surface area contributed by atoms with Crippen molar-refractivity contribution >= 4 is 17.5 Å². The number of nitrogens with one attached hydrogen (secondary N) is 2. The fourth-order valence-corrected chi connectivity index (χ4v) is 5.01. The van der Waals surface area contributed by atoms with Crippen molar-refractivity contribution in [2.24, 2.45) is 5.92 Å². The number of rotatable bonds is 7. The molecule has 1 aliphatic carbocycles. The minimum Gasteiger partial charge on any atom is -0.487 e. The van der Waals surface area contributed by atoms with Gasteiger partial charge in [0.15, 0.2) is 0 Å². The highest BCUT2D eigenvalue weighted by Crippen LogP contribution is 2.47. The van der Waals surface area contributed by atoms with Crippen LogP contribution < -0.4 is 15.4 Å². The summed E-state index contributed by atoms with van der Waals surface area (Å²) in [6.45, 7) is 0.0105. The van der Waals surface area contributed by atoms with E-state index in [2.05, 4.69) is 10.6 Å². The summed E-state index contributed by atoms with van der Waals surface area (Å²) in [7, 11) is 0. The Morgan fingerprint density at radius 1 is 1.15 bits per heavy atom. The number of amides is 2. The molecule has 2 aliphatic heterocycles. The summed E-state index contributed by atoms with van der Waals surface area (Å²) >= 11 is 0. The molecule has 3 N–H and O–H groups in total. The molecule has 3 aliphatic rings. The van der Waals surface area contributed by atoms with Crippen LogP contribution in [0.4, 0.5) is 10.1 Å². The lowest BCUT2D eigenvalue weighted by molar-refractivity contribution is -0.142. The number of carbonyl (C=O) groups is 2. The number of hydrogen-bond acceptors (Lipinski definition) is 5. The second kappa shape index (κ2) is 9.72. The lowest BCUT2D eigenvalue weighted by Gasteiger charge is -2.37. The van der Waals surface area contributed by atoms with Crippen LogP contribution in [0.25, 0.3) is 0 Å². The number of ether oxygens (including phenoxy) is 2. The van der Waals surface area contributed by atoms with Crippen LogP contribution in [-0.2, 0) is 20.9 Å². The average Bonchev–Trinajstić information content (AvgIpc) is 3.14. The van der Waals surface area contributed by atoms with Gasteiger partial charge in [-0.1, -0.05) is 18.6 Å². The van der Waals surface area contributed by atoms with Gasteiger partial charge in [-0.3, -0.25) is 9.59 Å². The molecule has 8 heteroatoms. The normalized spacial score (nSPS) is 25.5. The maximum absolute atomic E-state index is 13.4. The third-order valence-electron chi connectivity index (χ3n) is 7.03. The highest BCUT2D eigenvalue weighted by molar-refractivity contribution is 5.93. The Morgan fingerprint density at radius 2 is 2.00 bits per heavy atom. The zero-order valence-electron chi connectivity index (χ0n) is 18.8. The molecular weight excluding hydrogens is 439 g/mol. The van der Waals surface area contributed by atoms with Crippen molar-refractivity contribution < 1.29 is 28.6 Å². The summed E-state index contributed by atoms with van der Waals surface area (Å²) in [6, 6.07) is 11.7.